The van der Waals surface area contributed by atoms with E-state index in [2.05, 4.69) is 14.9 Å². The molecular weight excluding hydrogens is 379 g/mol. The van der Waals surface area contributed by atoms with E-state index in [0.29, 0.717) is 41.9 Å². The fraction of sp³-hybridized carbons (Fsp3) is 0.353. The van der Waals surface area contributed by atoms with Gasteiger partial charge in [0.25, 0.3) is 5.56 Å². The Hall–Kier alpha value is -2.25. The Balaban J connectivity index is 1.67. The van der Waals surface area contributed by atoms with E-state index in [4.69, 9.17) is 23.2 Å². The number of halogens is 2. The van der Waals surface area contributed by atoms with Crippen LogP contribution >= 0.6 is 23.2 Å². The summed E-state index contributed by atoms with van der Waals surface area (Å²) in [7, 11) is 0. The van der Waals surface area contributed by atoms with Crippen molar-refractivity contribution in [2.45, 2.75) is 13.3 Å². The van der Waals surface area contributed by atoms with Crippen LogP contribution in [0.3, 0.4) is 0 Å². The molecule has 1 fully saturated rings. The van der Waals surface area contributed by atoms with E-state index in [1.54, 1.807) is 17.9 Å². The number of hydrogen-bond acceptors (Lipinski definition) is 4. The van der Waals surface area contributed by atoms with E-state index in [1.165, 1.54) is 0 Å². The summed E-state index contributed by atoms with van der Waals surface area (Å²) in [5.41, 5.74) is 0.449. The average Bonchev–Trinajstić information content (AvgIpc) is 2.60. The van der Waals surface area contributed by atoms with Crippen LogP contribution in [0.15, 0.2) is 27.8 Å². The van der Waals surface area contributed by atoms with Gasteiger partial charge in [0.1, 0.15) is 0 Å². The fourth-order valence-electron chi connectivity index (χ4n) is 3.04. The van der Waals surface area contributed by atoms with E-state index in [1.807, 2.05) is 12.1 Å². The number of H-pyrrole nitrogens is 2. The molecule has 0 atom stereocenters. The van der Waals surface area contributed by atoms with E-state index in [-0.39, 0.29) is 17.9 Å². The maximum Gasteiger partial charge on any atom is 0.325 e. The van der Waals surface area contributed by atoms with E-state index in [9.17, 15) is 14.4 Å². The molecule has 0 spiro atoms. The quantitative estimate of drug-likeness (QED) is 0.823. The lowest BCUT2D eigenvalue weighted by Crippen LogP contribution is -2.49. The Morgan fingerprint density at radius 2 is 1.81 bits per heavy atom. The first-order valence-corrected chi connectivity index (χ1v) is 8.91. The van der Waals surface area contributed by atoms with Crippen LogP contribution in [-0.4, -0.2) is 47.0 Å². The molecule has 1 aromatic heterocycles. The monoisotopic (exact) mass is 396 g/mol. The van der Waals surface area contributed by atoms with Gasteiger partial charge in [-0.25, -0.2) is 4.79 Å². The predicted molar refractivity (Wildman–Crippen MR) is 101 cm³/mol. The van der Waals surface area contributed by atoms with E-state index in [0.717, 1.165) is 5.69 Å². The maximum atomic E-state index is 12.5. The molecule has 1 aliphatic heterocycles. The van der Waals surface area contributed by atoms with Crippen molar-refractivity contribution in [2.24, 2.45) is 0 Å². The number of carbonyl (C=O) groups excluding carboxylic acids is 1. The lowest BCUT2D eigenvalue weighted by Gasteiger charge is -2.36. The van der Waals surface area contributed by atoms with Crippen LogP contribution in [-0.2, 0) is 11.2 Å². The second-order valence-corrected chi connectivity index (χ2v) is 6.91. The van der Waals surface area contributed by atoms with Gasteiger partial charge >= 0.3 is 5.69 Å². The standard InChI is InChI=1S/C17H18Cl2N4O3/c1-10-11(16(25)21-17(26)20-10)9-14(24)23-7-5-22(6-8-23)13-4-2-3-12(18)15(13)19/h2-4H,5-9H2,1H3,(H2,20,21,25,26). The largest absolute Gasteiger partial charge is 0.367 e. The van der Waals surface area contributed by atoms with Crippen LogP contribution in [0.2, 0.25) is 10.0 Å². The zero-order valence-electron chi connectivity index (χ0n) is 14.1. The Bertz CT molecular complexity index is 946. The number of carbonyl (C=O) groups is 1. The molecule has 9 heteroatoms. The number of hydrogen-bond donors (Lipinski definition) is 2. The minimum Gasteiger partial charge on any atom is -0.367 e. The molecular formula is C17H18Cl2N4O3. The zero-order chi connectivity index (χ0) is 18.8. The van der Waals surface area contributed by atoms with Crippen molar-refractivity contribution in [2.75, 3.05) is 31.1 Å². The summed E-state index contributed by atoms with van der Waals surface area (Å²) in [5, 5.41) is 1.000. The molecule has 1 aliphatic rings. The number of nitrogens with zero attached hydrogens (tertiary/aromatic N) is 2. The molecule has 0 unspecified atom stereocenters. The number of nitrogens with one attached hydrogen (secondary N) is 2. The van der Waals surface area contributed by atoms with Gasteiger partial charge in [0.2, 0.25) is 5.91 Å². The van der Waals surface area contributed by atoms with Gasteiger partial charge in [0.15, 0.2) is 0 Å². The van der Waals surface area contributed by atoms with Crippen LogP contribution in [0.1, 0.15) is 11.3 Å². The zero-order valence-corrected chi connectivity index (χ0v) is 15.7. The third kappa shape index (κ3) is 3.78. The number of anilines is 1. The topological polar surface area (TPSA) is 89.3 Å². The Morgan fingerprint density at radius 3 is 2.46 bits per heavy atom. The molecule has 26 heavy (non-hydrogen) atoms. The second kappa shape index (κ2) is 7.55. The number of amides is 1. The molecule has 2 N–H and O–H groups in total. The molecule has 2 heterocycles. The van der Waals surface area contributed by atoms with Crippen LogP contribution in [0.5, 0.6) is 0 Å². The van der Waals surface area contributed by atoms with Crippen molar-refractivity contribution < 1.29 is 4.79 Å². The maximum absolute atomic E-state index is 12.5. The number of aromatic amines is 2. The van der Waals surface area contributed by atoms with Gasteiger partial charge in [0.05, 0.1) is 22.2 Å². The first kappa shape index (κ1) is 18.5. The highest BCUT2D eigenvalue weighted by Crippen LogP contribution is 2.32. The van der Waals surface area contributed by atoms with E-state index < -0.39 is 11.2 Å². The smallest absolute Gasteiger partial charge is 0.325 e. The normalized spacial score (nSPS) is 14.6. The van der Waals surface area contributed by atoms with Crippen LogP contribution in [0.25, 0.3) is 0 Å². The summed E-state index contributed by atoms with van der Waals surface area (Å²) < 4.78 is 0. The highest BCUT2D eigenvalue weighted by atomic mass is 35.5. The molecule has 0 saturated carbocycles. The molecule has 0 aliphatic carbocycles. The molecule has 0 radical (unpaired) electrons. The fourth-order valence-corrected chi connectivity index (χ4v) is 3.45. The van der Waals surface area contributed by atoms with Gasteiger partial charge in [-0.05, 0) is 19.1 Å². The molecule has 7 nitrogen and oxygen atoms in total. The number of piperazine rings is 1. The summed E-state index contributed by atoms with van der Waals surface area (Å²) in [6.07, 6.45) is -0.0458. The molecule has 0 bridgehead atoms. The molecule has 1 aromatic carbocycles. The molecule has 1 amide bonds. The van der Waals surface area contributed by atoms with Crippen molar-refractivity contribution in [1.29, 1.82) is 0 Å². The number of benzene rings is 1. The predicted octanol–water partition coefficient (Wildman–Crippen LogP) is 1.57. The van der Waals surface area contributed by atoms with Crippen LogP contribution < -0.4 is 16.1 Å². The highest BCUT2D eigenvalue weighted by molar-refractivity contribution is 6.43. The lowest BCUT2D eigenvalue weighted by atomic mass is 10.1. The number of aromatic nitrogens is 2. The average molecular weight is 397 g/mol. The van der Waals surface area contributed by atoms with Gasteiger partial charge < -0.3 is 14.8 Å². The van der Waals surface area contributed by atoms with Gasteiger partial charge in [-0.3, -0.25) is 14.6 Å². The summed E-state index contributed by atoms with van der Waals surface area (Å²) in [6.45, 7) is 3.88. The Labute approximate surface area is 159 Å². The van der Waals surface area contributed by atoms with Crippen LogP contribution in [0, 0.1) is 6.92 Å². The molecule has 2 aromatic rings. The summed E-state index contributed by atoms with van der Waals surface area (Å²) in [4.78, 5) is 44.1. The van der Waals surface area contributed by atoms with Crippen molar-refractivity contribution in [3.8, 4) is 0 Å². The summed E-state index contributed by atoms with van der Waals surface area (Å²) >= 11 is 12.3. The minimum atomic E-state index is -0.573. The number of aryl methyl sites for hydroxylation is 1. The SMILES string of the molecule is Cc1[nH]c(=O)[nH]c(=O)c1CC(=O)N1CCN(c2cccc(Cl)c2Cl)CC1. The third-order valence-corrected chi connectivity index (χ3v) is 5.30. The molecule has 3 rings (SSSR count). The van der Waals surface area contributed by atoms with Crippen molar-refractivity contribution in [3.05, 3.63) is 60.3 Å². The Kier molecular flexibility index (Phi) is 5.38. The van der Waals surface area contributed by atoms with Gasteiger partial charge in [-0.1, -0.05) is 29.3 Å². The summed E-state index contributed by atoms with van der Waals surface area (Å²) in [6, 6.07) is 5.47. The minimum absolute atomic E-state index is 0.0458. The van der Waals surface area contributed by atoms with Gasteiger partial charge in [0, 0.05) is 37.4 Å². The lowest BCUT2D eigenvalue weighted by molar-refractivity contribution is -0.130. The third-order valence-electron chi connectivity index (χ3n) is 4.49. The number of rotatable bonds is 3. The van der Waals surface area contributed by atoms with Crippen LogP contribution in [0.4, 0.5) is 5.69 Å². The molecule has 1 saturated heterocycles. The van der Waals surface area contributed by atoms with Crippen molar-refractivity contribution in [1.82, 2.24) is 14.9 Å². The van der Waals surface area contributed by atoms with Crippen molar-refractivity contribution in [3.63, 3.8) is 0 Å². The Morgan fingerprint density at radius 1 is 1.12 bits per heavy atom. The van der Waals surface area contributed by atoms with Gasteiger partial charge in [-0.15, -0.1) is 0 Å². The van der Waals surface area contributed by atoms with E-state index >= 15 is 0 Å². The first-order valence-electron chi connectivity index (χ1n) is 8.15. The summed E-state index contributed by atoms with van der Waals surface area (Å²) in [5.74, 6) is -0.150. The molecule has 138 valence electrons. The first-order chi connectivity index (χ1) is 12.4. The second-order valence-electron chi connectivity index (χ2n) is 6.13. The van der Waals surface area contributed by atoms with Gasteiger partial charge in [-0.2, -0.15) is 0 Å². The van der Waals surface area contributed by atoms with Crippen molar-refractivity contribution >= 4 is 34.8 Å². The highest BCUT2D eigenvalue weighted by Gasteiger charge is 2.24.